The zero-order chi connectivity index (χ0) is 10.9. The Kier molecular flexibility index (Phi) is 2.65. The van der Waals surface area contributed by atoms with Crippen molar-refractivity contribution in [3.05, 3.63) is 0 Å². The van der Waals surface area contributed by atoms with Gasteiger partial charge in [0.1, 0.15) is 0 Å². The number of hydrogen-bond donors (Lipinski definition) is 2. The molecule has 15 heavy (non-hydrogen) atoms. The van der Waals surface area contributed by atoms with Crippen LogP contribution in [0.1, 0.15) is 25.7 Å². The highest BCUT2D eigenvalue weighted by Crippen LogP contribution is 2.38. The van der Waals surface area contributed by atoms with Gasteiger partial charge in [0, 0.05) is 12.0 Å². The summed E-state index contributed by atoms with van der Waals surface area (Å²) in [6, 6.07) is -0.320. The Labute approximate surface area is 88.4 Å². The third-order valence-corrected chi connectivity index (χ3v) is 3.43. The SMILES string of the molecule is O=C1CNC(=O)N1CC1(CO)CCCC1. The van der Waals surface area contributed by atoms with Crippen LogP contribution in [-0.4, -0.2) is 41.6 Å². The van der Waals surface area contributed by atoms with E-state index in [1.54, 1.807) is 0 Å². The summed E-state index contributed by atoms with van der Waals surface area (Å²) in [4.78, 5) is 24.0. The number of rotatable bonds is 3. The minimum atomic E-state index is -0.320. The fraction of sp³-hybridized carbons (Fsp3) is 0.800. The van der Waals surface area contributed by atoms with Crippen molar-refractivity contribution in [3.8, 4) is 0 Å². The lowest BCUT2D eigenvalue weighted by atomic mass is 9.86. The molecule has 0 atom stereocenters. The third-order valence-electron chi connectivity index (χ3n) is 3.43. The van der Waals surface area contributed by atoms with Crippen molar-refractivity contribution in [2.24, 2.45) is 5.41 Å². The molecule has 0 bridgehead atoms. The molecule has 0 aromatic carbocycles. The molecule has 1 heterocycles. The van der Waals surface area contributed by atoms with Crippen LogP contribution in [0, 0.1) is 5.41 Å². The normalized spacial score (nSPS) is 24.7. The number of nitrogens with zero attached hydrogens (tertiary/aromatic N) is 1. The number of imide groups is 1. The first-order valence-electron chi connectivity index (χ1n) is 5.36. The van der Waals surface area contributed by atoms with Gasteiger partial charge in [-0.05, 0) is 12.8 Å². The molecule has 0 aromatic heterocycles. The number of carbonyl (C=O) groups is 2. The molecule has 5 heteroatoms. The van der Waals surface area contributed by atoms with Gasteiger partial charge in [-0.15, -0.1) is 0 Å². The van der Waals surface area contributed by atoms with Crippen molar-refractivity contribution in [2.45, 2.75) is 25.7 Å². The molecule has 3 amide bonds. The Hall–Kier alpha value is -1.10. The lowest BCUT2D eigenvalue weighted by Crippen LogP contribution is -2.42. The molecule has 2 N–H and O–H groups in total. The van der Waals surface area contributed by atoms with Gasteiger partial charge in [-0.3, -0.25) is 9.69 Å². The number of amides is 3. The van der Waals surface area contributed by atoms with Crippen LogP contribution in [-0.2, 0) is 4.79 Å². The van der Waals surface area contributed by atoms with Crippen molar-refractivity contribution in [1.29, 1.82) is 0 Å². The van der Waals surface area contributed by atoms with E-state index in [2.05, 4.69) is 5.32 Å². The molecule has 5 nitrogen and oxygen atoms in total. The van der Waals surface area contributed by atoms with Crippen molar-refractivity contribution in [3.63, 3.8) is 0 Å². The second-order valence-corrected chi connectivity index (χ2v) is 4.50. The highest BCUT2D eigenvalue weighted by Gasteiger charge is 2.40. The summed E-state index contributed by atoms with van der Waals surface area (Å²) in [7, 11) is 0. The van der Waals surface area contributed by atoms with E-state index in [4.69, 9.17) is 0 Å². The average Bonchev–Trinajstić information content (AvgIpc) is 2.81. The van der Waals surface area contributed by atoms with Crippen LogP contribution in [0.5, 0.6) is 0 Å². The molecule has 2 rings (SSSR count). The smallest absolute Gasteiger partial charge is 0.324 e. The Morgan fingerprint density at radius 2 is 2.00 bits per heavy atom. The molecule has 1 aliphatic heterocycles. The summed E-state index contributed by atoms with van der Waals surface area (Å²) in [5, 5.41) is 11.9. The quantitative estimate of drug-likeness (QED) is 0.651. The third kappa shape index (κ3) is 1.84. The number of urea groups is 1. The van der Waals surface area contributed by atoms with E-state index in [0.29, 0.717) is 6.54 Å². The minimum Gasteiger partial charge on any atom is -0.396 e. The zero-order valence-corrected chi connectivity index (χ0v) is 8.66. The van der Waals surface area contributed by atoms with Gasteiger partial charge in [-0.1, -0.05) is 12.8 Å². The highest BCUT2D eigenvalue weighted by molar-refractivity contribution is 6.01. The Morgan fingerprint density at radius 1 is 1.33 bits per heavy atom. The summed E-state index contributed by atoms with van der Waals surface area (Å²) < 4.78 is 0. The topological polar surface area (TPSA) is 69.6 Å². The molecule has 0 aromatic rings. The van der Waals surface area contributed by atoms with E-state index < -0.39 is 0 Å². The molecule has 84 valence electrons. The fourth-order valence-corrected chi connectivity index (χ4v) is 2.44. The van der Waals surface area contributed by atoms with Gasteiger partial charge in [-0.25, -0.2) is 4.79 Å². The van der Waals surface area contributed by atoms with E-state index in [1.807, 2.05) is 0 Å². The maximum absolute atomic E-state index is 11.4. The average molecular weight is 212 g/mol. The van der Waals surface area contributed by atoms with Crippen molar-refractivity contribution in [2.75, 3.05) is 19.7 Å². The fourth-order valence-electron chi connectivity index (χ4n) is 2.44. The number of nitrogens with one attached hydrogen (secondary N) is 1. The molecule has 2 fully saturated rings. The minimum absolute atomic E-state index is 0.0596. The zero-order valence-electron chi connectivity index (χ0n) is 8.66. The summed E-state index contributed by atoms with van der Waals surface area (Å²) in [6.07, 6.45) is 3.95. The lowest BCUT2D eigenvalue weighted by molar-refractivity contribution is -0.126. The van der Waals surface area contributed by atoms with Gasteiger partial charge in [0.05, 0.1) is 13.2 Å². The maximum atomic E-state index is 11.4. The van der Waals surface area contributed by atoms with Crippen LogP contribution in [0.3, 0.4) is 0 Å². The second-order valence-electron chi connectivity index (χ2n) is 4.50. The van der Waals surface area contributed by atoms with Gasteiger partial charge in [-0.2, -0.15) is 0 Å². The molecule has 2 aliphatic rings. The highest BCUT2D eigenvalue weighted by atomic mass is 16.3. The molecule has 1 saturated heterocycles. The largest absolute Gasteiger partial charge is 0.396 e. The van der Waals surface area contributed by atoms with Crippen molar-refractivity contribution < 1.29 is 14.7 Å². The number of aliphatic hydroxyl groups is 1. The molecule has 0 radical (unpaired) electrons. The van der Waals surface area contributed by atoms with Gasteiger partial charge in [0.2, 0.25) is 5.91 Å². The monoisotopic (exact) mass is 212 g/mol. The standard InChI is InChI=1S/C10H16N2O3/c13-7-10(3-1-2-4-10)6-12-8(14)5-11-9(12)15/h13H,1-7H2,(H,11,15). The summed E-state index contributed by atoms with van der Waals surface area (Å²) >= 11 is 0. The van der Waals surface area contributed by atoms with Crippen molar-refractivity contribution in [1.82, 2.24) is 10.2 Å². The van der Waals surface area contributed by atoms with Crippen LogP contribution < -0.4 is 5.32 Å². The first-order chi connectivity index (χ1) is 7.17. The van der Waals surface area contributed by atoms with E-state index in [9.17, 15) is 14.7 Å². The van der Waals surface area contributed by atoms with Gasteiger partial charge in [0.15, 0.2) is 0 Å². The van der Waals surface area contributed by atoms with Gasteiger partial charge < -0.3 is 10.4 Å². The Balaban J connectivity index is 2.06. The predicted octanol–water partition coefficient (Wildman–Crippen LogP) is 0.0909. The van der Waals surface area contributed by atoms with Crippen molar-refractivity contribution >= 4 is 11.9 Å². The molecular formula is C10H16N2O3. The Morgan fingerprint density at radius 3 is 2.47 bits per heavy atom. The van der Waals surface area contributed by atoms with Gasteiger partial charge >= 0.3 is 6.03 Å². The summed E-state index contributed by atoms with van der Waals surface area (Å²) in [5.41, 5.74) is -0.239. The summed E-state index contributed by atoms with van der Waals surface area (Å²) in [6.45, 7) is 0.526. The molecule has 0 spiro atoms. The number of carbonyl (C=O) groups excluding carboxylic acids is 2. The van der Waals surface area contributed by atoms with Crippen LogP contribution in [0.15, 0.2) is 0 Å². The van der Waals surface area contributed by atoms with E-state index in [-0.39, 0.29) is 30.5 Å². The van der Waals surface area contributed by atoms with E-state index >= 15 is 0 Å². The first-order valence-corrected chi connectivity index (χ1v) is 5.36. The number of aliphatic hydroxyl groups excluding tert-OH is 1. The molecule has 0 unspecified atom stereocenters. The van der Waals surface area contributed by atoms with Crippen LogP contribution in [0.4, 0.5) is 4.79 Å². The van der Waals surface area contributed by atoms with Crippen LogP contribution in [0.2, 0.25) is 0 Å². The first kappa shape index (κ1) is 10.4. The summed E-state index contributed by atoms with van der Waals surface area (Å²) in [5.74, 6) is -0.181. The molecular weight excluding hydrogens is 196 g/mol. The van der Waals surface area contributed by atoms with Gasteiger partial charge in [0.25, 0.3) is 0 Å². The lowest BCUT2D eigenvalue weighted by Gasteiger charge is -2.29. The van der Waals surface area contributed by atoms with E-state index in [0.717, 1.165) is 25.7 Å². The molecule has 1 aliphatic carbocycles. The van der Waals surface area contributed by atoms with Crippen LogP contribution in [0.25, 0.3) is 0 Å². The Bertz CT molecular complexity index is 268. The maximum Gasteiger partial charge on any atom is 0.324 e. The predicted molar refractivity (Wildman–Crippen MR) is 53.1 cm³/mol. The van der Waals surface area contributed by atoms with E-state index in [1.165, 1.54) is 4.90 Å². The molecule has 1 saturated carbocycles. The van der Waals surface area contributed by atoms with Crippen LogP contribution >= 0.6 is 0 Å². The number of hydrogen-bond acceptors (Lipinski definition) is 3. The second kappa shape index (κ2) is 3.81.